The molecule has 0 aromatic carbocycles. The van der Waals surface area contributed by atoms with Gasteiger partial charge in [0, 0.05) is 0 Å². The molecule has 3 heteroatoms. The van der Waals surface area contributed by atoms with E-state index in [1.54, 1.807) is 13.0 Å². The second-order valence-electron chi connectivity index (χ2n) is 1.22. The first-order valence-corrected chi connectivity index (χ1v) is 2.47. The molecule has 0 aliphatic heterocycles. The maximum atomic E-state index is 10.1. The zero-order valence-corrected chi connectivity index (χ0v) is 5.13. The number of rotatable bonds is 2. The Kier molecular flexibility index (Phi) is 4.50. The number of esters is 1. The van der Waals surface area contributed by atoms with E-state index in [1.165, 1.54) is 0 Å². The summed E-state index contributed by atoms with van der Waals surface area (Å²) in [7, 11) is 0. The summed E-state index contributed by atoms with van der Waals surface area (Å²) in [5.74, 6) is -0.677. The highest BCUT2D eigenvalue weighted by molar-refractivity contribution is 5.70. The highest BCUT2D eigenvalue weighted by Crippen LogP contribution is 1.75. The number of carbonyl (C=O) groups is 1. The summed E-state index contributed by atoms with van der Waals surface area (Å²) in [6, 6.07) is 0. The van der Waals surface area contributed by atoms with Crippen LogP contribution in [0, 0.1) is 0 Å². The lowest BCUT2D eigenvalue weighted by Crippen LogP contribution is -2.03. The predicted molar refractivity (Wildman–Crippen MR) is 31.5 cm³/mol. The number of hydrogen-bond donors (Lipinski definition) is 1. The van der Waals surface area contributed by atoms with Gasteiger partial charge in [0.15, 0.2) is 0 Å². The Hall–Kier alpha value is -1.05. The number of carbonyl (C=O) groups excluding carboxylic acids is 1. The summed E-state index contributed by atoms with van der Waals surface area (Å²) in [5.41, 5.74) is 2.51. The van der Waals surface area contributed by atoms with Crippen LogP contribution in [0.4, 0.5) is 0 Å². The molecule has 0 aromatic rings. The van der Waals surface area contributed by atoms with Crippen molar-refractivity contribution >= 4 is 5.97 Å². The lowest BCUT2D eigenvalue weighted by atomic mass is 10.7. The lowest BCUT2D eigenvalue weighted by molar-refractivity contribution is -0.141. The topological polar surface area (TPSA) is 46.5 Å². The van der Waals surface area contributed by atoms with Gasteiger partial charge in [-0.15, -0.1) is 0 Å². The van der Waals surface area contributed by atoms with Crippen LogP contribution in [0.15, 0.2) is 18.1 Å². The average Bonchev–Trinajstić information content (AvgIpc) is 1.89. The van der Waals surface area contributed by atoms with Crippen molar-refractivity contribution < 1.29 is 14.6 Å². The SMILES string of the molecule is CC=C=COC(=O)CO. The Morgan fingerprint density at radius 3 is 3.00 bits per heavy atom. The van der Waals surface area contributed by atoms with Gasteiger partial charge >= 0.3 is 5.97 Å². The van der Waals surface area contributed by atoms with Gasteiger partial charge < -0.3 is 9.84 Å². The highest BCUT2D eigenvalue weighted by Gasteiger charge is 1.92. The average molecular weight is 128 g/mol. The van der Waals surface area contributed by atoms with E-state index in [0.717, 1.165) is 6.26 Å². The minimum atomic E-state index is -0.677. The monoisotopic (exact) mass is 128 g/mol. The summed E-state index contributed by atoms with van der Waals surface area (Å²) < 4.78 is 4.28. The maximum absolute atomic E-state index is 10.1. The van der Waals surface area contributed by atoms with E-state index in [1.807, 2.05) is 0 Å². The van der Waals surface area contributed by atoms with Crippen molar-refractivity contribution in [3.8, 4) is 0 Å². The van der Waals surface area contributed by atoms with E-state index >= 15 is 0 Å². The van der Waals surface area contributed by atoms with Crippen molar-refractivity contribution in [3.63, 3.8) is 0 Å². The van der Waals surface area contributed by atoms with Gasteiger partial charge in [0.2, 0.25) is 0 Å². The van der Waals surface area contributed by atoms with Gasteiger partial charge in [0.25, 0.3) is 0 Å². The van der Waals surface area contributed by atoms with Crippen LogP contribution < -0.4 is 0 Å². The predicted octanol–water partition coefficient (Wildman–Crippen LogP) is 0.211. The summed E-state index contributed by atoms with van der Waals surface area (Å²) >= 11 is 0. The number of allylic oxidation sites excluding steroid dienone is 1. The molecule has 9 heavy (non-hydrogen) atoms. The fraction of sp³-hybridized carbons (Fsp3) is 0.333. The van der Waals surface area contributed by atoms with Crippen LogP contribution in [0.1, 0.15) is 6.92 Å². The standard InChI is InChI=1S/C6H8O3/c1-2-3-4-9-6(8)5-7/h2,4,7H,5H2,1H3. The quantitative estimate of drug-likeness (QED) is 0.328. The number of ether oxygens (including phenoxy) is 1. The molecule has 0 fully saturated rings. The van der Waals surface area contributed by atoms with Crippen LogP contribution in [0.2, 0.25) is 0 Å². The molecule has 50 valence electrons. The molecule has 0 heterocycles. The highest BCUT2D eigenvalue weighted by atomic mass is 16.5. The van der Waals surface area contributed by atoms with Crippen molar-refractivity contribution in [2.45, 2.75) is 6.92 Å². The molecule has 0 radical (unpaired) electrons. The number of hydrogen-bond acceptors (Lipinski definition) is 3. The molecule has 0 aromatic heterocycles. The Bertz CT molecular complexity index is 142. The van der Waals surface area contributed by atoms with E-state index in [0.29, 0.717) is 0 Å². The molecule has 0 atom stereocenters. The van der Waals surface area contributed by atoms with Crippen molar-refractivity contribution in [1.82, 2.24) is 0 Å². The molecule has 0 saturated carbocycles. The van der Waals surface area contributed by atoms with E-state index in [4.69, 9.17) is 5.11 Å². The molecule has 0 spiro atoms. The molecule has 3 nitrogen and oxygen atoms in total. The fourth-order valence-corrected chi connectivity index (χ4v) is 0.205. The summed E-state index contributed by atoms with van der Waals surface area (Å²) in [6.07, 6.45) is 2.68. The van der Waals surface area contributed by atoms with Crippen molar-refractivity contribution in [2.24, 2.45) is 0 Å². The Balaban J connectivity index is 3.50. The van der Waals surface area contributed by atoms with Crippen molar-refractivity contribution in [2.75, 3.05) is 6.61 Å². The Morgan fingerprint density at radius 1 is 1.89 bits per heavy atom. The maximum Gasteiger partial charge on any atom is 0.337 e. The third kappa shape index (κ3) is 4.81. The summed E-state index contributed by atoms with van der Waals surface area (Å²) in [6.45, 7) is 1.14. The zero-order chi connectivity index (χ0) is 7.11. The first kappa shape index (κ1) is 7.95. The van der Waals surface area contributed by atoms with Gasteiger partial charge in [0.1, 0.15) is 12.9 Å². The molecule has 0 bridgehead atoms. The van der Waals surface area contributed by atoms with Crippen LogP contribution in [-0.2, 0) is 9.53 Å². The third-order valence-electron chi connectivity index (χ3n) is 0.554. The number of aliphatic hydroxyl groups excluding tert-OH is 1. The van der Waals surface area contributed by atoms with Crippen LogP contribution in [0.25, 0.3) is 0 Å². The van der Waals surface area contributed by atoms with Crippen LogP contribution in [-0.4, -0.2) is 17.7 Å². The fourth-order valence-electron chi connectivity index (χ4n) is 0.205. The first-order chi connectivity index (χ1) is 4.31. The minimum absolute atomic E-state index is 0.595. The summed E-state index contributed by atoms with van der Waals surface area (Å²) in [5, 5.41) is 8.10. The summed E-state index contributed by atoms with van der Waals surface area (Å²) in [4.78, 5) is 10.1. The van der Waals surface area contributed by atoms with Gasteiger partial charge in [-0.05, 0) is 13.0 Å². The van der Waals surface area contributed by atoms with Crippen LogP contribution in [0.3, 0.4) is 0 Å². The van der Waals surface area contributed by atoms with Crippen LogP contribution >= 0.6 is 0 Å². The normalized spacial score (nSPS) is 7.33. The lowest BCUT2D eigenvalue weighted by Gasteiger charge is -1.88. The molecule has 0 aliphatic carbocycles. The second-order valence-corrected chi connectivity index (χ2v) is 1.22. The molecular weight excluding hydrogens is 120 g/mol. The van der Waals surface area contributed by atoms with E-state index in [2.05, 4.69) is 10.5 Å². The van der Waals surface area contributed by atoms with Gasteiger partial charge in [-0.1, -0.05) is 5.73 Å². The molecule has 0 rings (SSSR count). The largest absolute Gasteiger partial charge is 0.424 e. The third-order valence-corrected chi connectivity index (χ3v) is 0.554. The van der Waals surface area contributed by atoms with E-state index < -0.39 is 12.6 Å². The molecule has 0 amide bonds. The molecule has 0 unspecified atom stereocenters. The van der Waals surface area contributed by atoms with Gasteiger partial charge in [-0.3, -0.25) is 0 Å². The Morgan fingerprint density at radius 2 is 2.56 bits per heavy atom. The molecular formula is C6H8O3. The van der Waals surface area contributed by atoms with Gasteiger partial charge in [-0.2, -0.15) is 0 Å². The minimum Gasteiger partial charge on any atom is -0.424 e. The van der Waals surface area contributed by atoms with E-state index in [-0.39, 0.29) is 0 Å². The van der Waals surface area contributed by atoms with Crippen molar-refractivity contribution in [3.05, 3.63) is 18.1 Å². The molecule has 0 saturated heterocycles. The smallest absolute Gasteiger partial charge is 0.337 e. The number of aliphatic hydroxyl groups is 1. The zero-order valence-electron chi connectivity index (χ0n) is 5.13. The van der Waals surface area contributed by atoms with E-state index in [9.17, 15) is 4.79 Å². The van der Waals surface area contributed by atoms with Gasteiger partial charge in [0.05, 0.1) is 0 Å². The Labute approximate surface area is 53.3 Å². The van der Waals surface area contributed by atoms with Crippen molar-refractivity contribution in [1.29, 1.82) is 0 Å². The molecule has 1 N–H and O–H groups in total. The van der Waals surface area contributed by atoms with Crippen LogP contribution in [0.5, 0.6) is 0 Å². The first-order valence-electron chi connectivity index (χ1n) is 2.47. The molecule has 0 aliphatic rings. The van der Waals surface area contributed by atoms with Gasteiger partial charge in [-0.25, -0.2) is 4.79 Å². The second kappa shape index (κ2) is 5.09.